The summed E-state index contributed by atoms with van der Waals surface area (Å²) in [6.07, 6.45) is 4.65. The minimum atomic E-state index is 0.350. The molecule has 3 aromatic rings. The normalized spacial score (nSPS) is 15.8. The zero-order valence-corrected chi connectivity index (χ0v) is 18.1. The van der Waals surface area contributed by atoms with Gasteiger partial charge in [-0.3, -0.25) is 0 Å². The molecule has 4 heterocycles. The van der Waals surface area contributed by atoms with Crippen LogP contribution in [0.4, 0.5) is 5.82 Å². The van der Waals surface area contributed by atoms with Gasteiger partial charge in [0.1, 0.15) is 5.82 Å². The molecule has 1 aromatic carbocycles. The molecular weight excluding hydrogens is 406 g/mol. The summed E-state index contributed by atoms with van der Waals surface area (Å²) in [5.41, 5.74) is 4.29. The van der Waals surface area contributed by atoms with Crippen LogP contribution in [0.2, 0.25) is 0 Å². The summed E-state index contributed by atoms with van der Waals surface area (Å²) < 4.78 is 13.2. The number of ether oxygens (including phenoxy) is 2. The SMILES string of the molecule is Cc1cccc(-c2ccn(-c3cc(N4CCOCC4)nc(OCCC4=CNCN4)n3)n2)c1. The van der Waals surface area contributed by atoms with Crippen molar-refractivity contribution in [2.45, 2.75) is 13.3 Å². The monoisotopic (exact) mass is 433 g/mol. The predicted octanol–water partition coefficient (Wildman–Crippen LogP) is 2.23. The smallest absolute Gasteiger partial charge is 0.320 e. The largest absolute Gasteiger partial charge is 0.463 e. The third-order valence-electron chi connectivity index (χ3n) is 5.45. The van der Waals surface area contributed by atoms with E-state index in [1.165, 1.54) is 5.56 Å². The minimum absolute atomic E-state index is 0.350. The number of hydrogen-bond donors (Lipinski definition) is 2. The zero-order chi connectivity index (χ0) is 21.8. The molecule has 32 heavy (non-hydrogen) atoms. The van der Waals surface area contributed by atoms with Gasteiger partial charge in [-0.25, -0.2) is 4.68 Å². The maximum absolute atomic E-state index is 5.94. The second kappa shape index (κ2) is 9.27. The Labute approximate surface area is 187 Å². The van der Waals surface area contributed by atoms with E-state index >= 15 is 0 Å². The van der Waals surface area contributed by atoms with Crippen molar-refractivity contribution in [2.75, 3.05) is 44.5 Å². The van der Waals surface area contributed by atoms with Gasteiger partial charge in [-0.15, -0.1) is 0 Å². The molecule has 1 fully saturated rings. The van der Waals surface area contributed by atoms with Crippen LogP contribution in [0.1, 0.15) is 12.0 Å². The lowest BCUT2D eigenvalue weighted by atomic mass is 10.1. The van der Waals surface area contributed by atoms with Crippen LogP contribution in [0.3, 0.4) is 0 Å². The van der Waals surface area contributed by atoms with Crippen molar-refractivity contribution in [3.8, 4) is 23.1 Å². The number of anilines is 1. The van der Waals surface area contributed by atoms with Crippen molar-refractivity contribution >= 4 is 5.82 Å². The van der Waals surface area contributed by atoms with Crippen LogP contribution in [0, 0.1) is 6.92 Å². The van der Waals surface area contributed by atoms with E-state index < -0.39 is 0 Å². The van der Waals surface area contributed by atoms with Gasteiger partial charge in [0, 0.05) is 49.2 Å². The first-order valence-electron chi connectivity index (χ1n) is 10.9. The number of morpholine rings is 1. The third-order valence-corrected chi connectivity index (χ3v) is 5.45. The van der Waals surface area contributed by atoms with E-state index in [1.807, 2.05) is 30.6 Å². The average Bonchev–Trinajstić information content (AvgIpc) is 3.52. The highest BCUT2D eigenvalue weighted by Crippen LogP contribution is 2.23. The van der Waals surface area contributed by atoms with Gasteiger partial charge in [0.15, 0.2) is 5.82 Å². The summed E-state index contributed by atoms with van der Waals surface area (Å²) in [6.45, 7) is 6.25. The van der Waals surface area contributed by atoms with Crippen LogP contribution in [0.25, 0.3) is 17.1 Å². The Bertz CT molecular complexity index is 1110. The molecule has 0 amide bonds. The first-order valence-corrected chi connectivity index (χ1v) is 10.9. The van der Waals surface area contributed by atoms with E-state index in [1.54, 1.807) is 4.68 Å². The summed E-state index contributed by atoms with van der Waals surface area (Å²) >= 11 is 0. The fourth-order valence-electron chi connectivity index (χ4n) is 3.75. The summed E-state index contributed by atoms with van der Waals surface area (Å²) in [5, 5.41) is 11.2. The van der Waals surface area contributed by atoms with Gasteiger partial charge in [-0.05, 0) is 19.1 Å². The zero-order valence-electron chi connectivity index (χ0n) is 18.1. The Morgan fingerprint density at radius 3 is 2.78 bits per heavy atom. The fraction of sp³-hybridized carbons (Fsp3) is 0.348. The van der Waals surface area contributed by atoms with Crippen molar-refractivity contribution in [1.82, 2.24) is 30.4 Å². The maximum Gasteiger partial charge on any atom is 0.320 e. The van der Waals surface area contributed by atoms with Gasteiger partial charge >= 0.3 is 6.01 Å². The van der Waals surface area contributed by atoms with Crippen LogP contribution in [0.5, 0.6) is 6.01 Å². The molecule has 2 N–H and O–H groups in total. The van der Waals surface area contributed by atoms with Gasteiger partial charge in [-0.1, -0.05) is 23.8 Å². The van der Waals surface area contributed by atoms with E-state index in [2.05, 4.69) is 50.6 Å². The Hall–Kier alpha value is -3.59. The molecule has 2 aliphatic heterocycles. The summed E-state index contributed by atoms with van der Waals surface area (Å²) in [4.78, 5) is 11.5. The molecule has 9 nitrogen and oxygen atoms in total. The highest BCUT2D eigenvalue weighted by Gasteiger charge is 2.17. The number of rotatable bonds is 7. The van der Waals surface area contributed by atoms with Gasteiger partial charge < -0.3 is 25.0 Å². The number of benzene rings is 1. The van der Waals surface area contributed by atoms with Crippen LogP contribution < -0.4 is 20.3 Å². The third kappa shape index (κ3) is 4.67. The summed E-state index contributed by atoms with van der Waals surface area (Å²) in [6, 6.07) is 12.6. The van der Waals surface area contributed by atoms with E-state index in [0.29, 0.717) is 31.6 Å². The Balaban J connectivity index is 1.41. The lowest BCUT2D eigenvalue weighted by molar-refractivity contribution is 0.122. The molecule has 1 saturated heterocycles. The molecule has 0 unspecified atom stereocenters. The number of nitrogens with zero attached hydrogens (tertiary/aromatic N) is 5. The second-order valence-corrected chi connectivity index (χ2v) is 7.81. The highest BCUT2D eigenvalue weighted by atomic mass is 16.5. The Kier molecular flexibility index (Phi) is 5.89. The highest BCUT2D eigenvalue weighted by molar-refractivity contribution is 5.60. The van der Waals surface area contributed by atoms with Gasteiger partial charge in [0.05, 0.1) is 32.2 Å². The topological polar surface area (TPSA) is 89.4 Å². The van der Waals surface area contributed by atoms with Crippen LogP contribution in [0.15, 0.2) is 54.5 Å². The summed E-state index contributed by atoms with van der Waals surface area (Å²) in [7, 11) is 0. The van der Waals surface area contributed by atoms with Crippen molar-refractivity contribution in [1.29, 1.82) is 0 Å². The maximum atomic E-state index is 5.94. The number of aromatic nitrogens is 4. The van der Waals surface area contributed by atoms with Crippen molar-refractivity contribution in [2.24, 2.45) is 0 Å². The molecule has 0 aliphatic carbocycles. The quantitative estimate of drug-likeness (QED) is 0.587. The van der Waals surface area contributed by atoms with Crippen molar-refractivity contribution in [3.63, 3.8) is 0 Å². The van der Waals surface area contributed by atoms with Gasteiger partial charge in [0.25, 0.3) is 0 Å². The van der Waals surface area contributed by atoms with Crippen LogP contribution in [-0.4, -0.2) is 59.3 Å². The van der Waals surface area contributed by atoms with E-state index in [-0.39, 0.29) is 0 Å². The molecule has 0 radical (unpaired) electrons. The predicted molar refractivity (Wildman–Crippen MR) is 122 cm³/mol. The molecule has 166 valence electrons. The van der Waals surface area contributed by atoms with E-state index in [4.69, 9.17) is 14.6 Å². The lowest BCUT2D eigenvalue weighted by Gasteiger charge is -2.28. The number of hydrogen-bond acceptors (Lipinski definition) is 8. The number of nitrogens with one attached hydrogen (secondary N) is 2. The second-order valence-electron chi connectivity index (χ2n) is 7.81. The number of aryl methyl sites for hydroxylation is 1. The van der Waals surface area contributed by atoms with Crippen molar-refractivity contribution < 1.29 is 9.47 Å². The van der Waals surface area contributed by atoms with Crippen LogP contribution >= 0.6 is 0 Å². The molecule has 0 bridgehead atoms. The van der Waals surface area contributed by atoms with Gasteiger partial charge in [-0.2, -0.15) is 15.1 Å². The first kappa shape index (κ1) is 20.3. The average molecular weight is 434 g/mol. The van der Waals surface area contributed by atoms with E-state index in [9.17, 15) is 0 Å². The first-order chi connectivity index (χ1) is 15.7. The van der Waals surface area contributed by atoms with Crippen molar-refractivity contribution in [3.05, 3.63) is 60.1 Å². The molecule has 0 saturated carbocycles. The molecule has 2 aromatic heterocycles. The fourth-order valence-corrected chi connectivity index (χ4v) is 3.75. The molecular formula is C23H27N7O2. The van der Waals surface area contributed by atoms with Gasteiger partial charge in [0.2, 0.25) is 0 Å². The standard InChI is InChI=1S/C23H27N7O2/c1-17-3-2-4-18(13-17)20-5-7-30(28-20)22-14-21(29-8-11-31-12-9-29)26-23(27-22)32-10-6-19-15-24-16-25-19/h2-5,7,13-15,24-25H,6,8-12,16H2,1H3. The Morgan fingerprint density at radius 1 is 1.09 bits per heavy atom. The Morgan fingerprint density at radius 2 is 1.97 bits per heavy atom. The summed E-state index contributed by atoms with van der Waals surface area (Å²) in [5.74, 6) is 1.50. The van der Waals surface area contributed by atoms with E-state index in [0.717, 1.165) is 49.0 Å². The molecule has 0 spiro atoms. The molecule has 0 atom stereocenters. The molecule has 5 rings (SSSR count). The molecule has 2 aliphatic rings. The molecule has 9 heteroatoms. The lowest BCUT2D eigenvalue weighted by Crippen LogP contribution is -2.37. The van der Waals surface area contributed by atoms with Crippen LogP contribution in [-0.2, 0) is 4.74 Å². The minimum Gasteiger partial charge on any atom is -0.463 e.